The van der Waals surface area contributed by atoms with Gasteiger partial charge in [0.2, 0.25) is 0 Å². The van der Waals surface area contributed by atoms with Gasteiger partial charge in [0.25, 0.3) is 0 Å². The SMILES string of the molecule is [K+].[Na+].[O-][O-]. The molecule has 14 valence electrons. The summed E-state index contributed by atoms with van der Waals surface area (Å²) in [5.74, 6) is 0. The topological polar surface area (TPSA) is 46.1 Å². The molecule has 0 saturated carbocycles. The van der Waals surface area contributed by atoms with E-state index in [1.54, 1.807) is 0 Å². The molecule has 0 amide bonds. The Kier molecular flexibility index (Phi) is 70.6. The van der Waals surface area contributed by atoms with Gasteiger partial charge in [-0.2, -0.15) is 0 Å². The van der Waals surface area contributed by atoms with Crippen LogP contribution in [0.2, 0.25) is 0 Å². The molecule has 0 aliphatic carbocycles. The summed E-state index contributed by atoms with van der Waals surface area (Å²) < 4.78 is 0. The van der Waals surface area contributed by atoms with Gasteiger partial charge in [-0.15, -0.1) is 0 Å². The standard InChI is InChI=1S/K.Na.O2/c;;1-2/q2*+1;-2. The third-order valence-corrected chi connectivity index (χ3v) is 0. The maximum absolute atomic E-state index is 7.00. The molecular weight excluding hydrogens is 94.1 g/mol. The Bertz CT molecular complexity index is 6.00. The van der Waals surface area contributed by atoms with Crippen molar-refractivity contribution in [3.63, 3.8) is 0 Å². The first-order valence-electron chi connectivity index (χ1n) is 0.167. The van der Waals surface area contributed by atoms with Gasteiger partial charge in [-0.1, -0.05) is 0 Å². The first kappa shape index (κ1) is 16.0. The summed E-state index contributed by atoms with van der Waals surface area (Å²) >= 11 is 0. The van der Waals surface area contributed by atoms with Gasteiger partial charge in [0, 0.05) is 0 Å². The third kappa shape index (κ3) is 8.82. The van der Waals surface area contributed by atoms with Crippen molar-refractivity contribution in [2.75, 3.05) is 0 Å². The molecule has 0 unspecified atom stereocenters. The van der Waals surface area contributed by atoms with Crippen molar-refractivity contribution in [2.45, 2.75) is 0 Å². The van der Waals surface area contributed by atoms with Crippen LogP contribution in [0.3, 0.4) is 0 Å². The molecule has 2 nitrogen and oxygen atoms in total. The number of hydrogen-bond donors (Lipinski definition) is 0. The van der Waals surface area contributed by atoms with E-state index >= 15 is 0 Å². The second-order valence-corrected chi connectivity index (χ2v) is 0. The van der Waals surface area contributed by atoms with Crippen LogP contribution in [0.1, 0.15) is 0 Å². The minimum absolute atomic E-state index is 0. The van der Waals surface area contributed by atoms with Crippen molar-refractivity contribution >= 4 is 0 Å². The zero-order valence-electron chi connectivity index (χ0n) is 2.82. The van der Waals surface area contributed by atoms with Crippen LogP contribution in [-0.2, 0) is 0 Å². The van der Waals surface area contributed by atoms with E-state index < -0.39 is 0 Å². The number of hydrogen-bond acceptors (Lipinski definition) is 2. The van der Waals surface area contributed by atoms with Gasteiger partial charge in [-0.25, -0.2) is 0 Å². The smallest absolute Gasteiger partial charge is 1.00 e. The van der Waals surface area contributed by atoms with Crippen LogP contribution >= 0.6 is 0 Å². The van der Waals surface area contributed by atoms with Crippen LogP contribution in [-0.4, -0.2) is 0 Å². The molecule has 0 aromatic rings. The van der Waals surface area contributed by atoms with E-state index in [4.69, 9.17) is 10.5 Å². The van der Waals surface area contributed by atoms with Crippen LogP contribution in [0.15, 0.2) is 0 Å². The van der Waals surface area contributed by atoms with E-state index in [-0.39, 0.29) is 80.9 Å². The van der Waals surface area contributed by atoms with E-state index in [9.17, 15) is 0 Å². The van der Waals surface area contributed by atoms with Gasteiger partial charge in [0.05, 0.1) is 0 Å². The van der Waals surface area contributed by atoms with Crippen LogP contribution in [0.5, 0.6) is 0 Å². The second-order valence-electron chi connectivity index (χ2n) is 0. The molecule has 0 heterocycles. The first-order valence-corrected chi connectivity index (χ1v) is 0.167. The zero-order chi connectivity index (χ0) is 2.00. The molecule has 0 aromatic carbocycles. The van der Waals surface area contributed by atoms with Gasteiger partial charge in [0.15, 0.2) is 0 Å². The maximum Gasteiger partial charge on any atom is 1.00 e. The van der Waals surface area contributed by atoms with Crippen molar-refractivity contribution in [1.82, 2.24) is 0 Å². The van der Waals surface area contributed by atoms with E-state index in [2.05, 4.69) is 0 Å². The quantitative estimate of drug-likeness (QED) is 0.170. The van der Waals surface area contributed by atoms with E-state index in [1.807, 2.05) is 0 Å². The molecule has 0 aromatic heterocycles. The van der Waals surface area contributed by atoms with Crippen LogP contribution < -0.4 is 91.5 Å². The summed E-state index contributed by atoms with van der Waals surface area (Å²) in [5, 5.41) is 14.0. The van der Waals surface area contributed by atoms with Crippen LogP contribution in [0.4, 0.5) is 0 Å². The summed E-state index contributed by atoms with van der Waals surface area (Å²) in [6.45, 7) is 0. The van der Waals surface area contributed by atoms with Gasteiger partial charge in [-0.05, 0) is 0 Å². The molecule has 0 aliphatic heterocycles. The molecule has 0 fully saturated rings. The molecule has 0 saturated heterocycles. The largest absolute Gasteiger partial charge is 1.00 e. The molecule has 0 aliphatic rings. The Morgan fingerprint density at radius 2 is 1.00 bits per heavy atom. The fourth-order valence-electron chi connectivity index (χ4n) is 0. The van der Waals surface area contributed by atoms with Crippen molar-refractivity contribution in [3.8, 4) is 0 Å². The summed E-state index contributed by atoms with van der Waals surface area (Å²) in [4.78, 5) is 0. The fraction of sp³-hybridized carbons (Fsp3) is 0. The minimum Gasteiger partial charge on any atom is -1.00 e. The maximum atomic E-state index is 7.00. The van der Waals surface area contributed by atoms with Gasteiger partial charge in [0.1, 0.15) is 0 Å². The minimum atomic E-state index is 0. The normalized spacial score (nSPS) is 1.50. The predicted octanol–water partition coefficient (Wildman–Crippen LogP) is -8.37. The third-order valence-electron chi connectivity index (χ3n) is 0. The van der Waals surface area contributed by atoms with Crippen LogP contribution in [0, 0.1) is 0 Å². The van der Waals surface area contributed by atoms with Gasteiger partial charge >= 0.3 is 80.9 Å². The van der Waals surface area contributed by atoms with E-state index in [0.717, 1.165) is 0 Å². The molecule has 0 radical (unpaired) electrons. The Hall–Kier alpha value is 2.56. The van der Waals surface area contributed by atoms with Crippen molar-refractivity contribution in [3.05, 3.63) is 0 Å². The molecule has 0 rings (SSSR count). The monoisotopic (exact) mass is 93.9 g/mol. The Labute approximate surface area is 89.2 Å². The fourth-order valence-corrected chi connectivity index (χ4v) is 0. The molecular formula is KNaO2. The average Bonchev–Trinajstić information content (AvgIpc) is 1.00. The second kappa shape index (κ2) is 17.7. The molecule has 0 bridgehead atoms. The molecule has 0 atom stereocenters. The van der Waals surface area contributed by atoms with Crippen molar-refractivity contribution in [1.29, 1.82) is 0 Å². The first-order chi connectivity index (χ1) is 1.00. The predicted molar refractivity (Wildman–Crippen MR) is 0 cm³/mol. The Morgan fingerprint density at radius 3 is 1.00 bits per heavy atom. The summed E-state index contributed by atoms with van der Waals surface area (Å²) in [6, 6.07) is 0. The zero-order valence-corrected chi connectivity index (χ0v) is 7.94. The summed E-state index contributed by atoms with van der Waals surface area (Å²) in [7, 11) is 0. The molecule has 0 N–H and O–H groups in total. The summed E-state index contributed by atoms with van der Waals surface area (Å²) in [5.41, 5.74) is 0. The summed E-state index contributed by atoms with van der Waals surface area (Å²) in [6.07, 6.45) is 0. The molecule has 0 spiro atoms. The van der Waals surface area contributed by atoms with E-state index in [0.29, 0.717) is 0 Å². The molecule has 4 heteroatoms. The van der Waals surface area contributed by atoms with Gasteiger partial charge < -0.3 is 10.5 Å². The van der Waals surface area contributed by atoms with Gasteiger partial charge in [-0.3, -0.25) is 0 Å². The van der Waals surface area contributed by atoms with E-state index in [1.165, 1.54) is 0 Å². The average molecular weight is 94.1 g/mol. The van der Waals surface area contributed by atoms with Crippen molar-refractivity contribution in [2.24, 2.45) is 0 Å². The Balaban J connectivity index is -0.00000000500. The number of rotatable bonds is 0. The molecule has 4 heavy (non-hydrogen) atoms. The van der Waals surface area contributed by atoms with Crippen LogP contribution in [0.25, 0.3) is 0 Å². The van der Waals surface area contributed by atoms with Crippen molar-refractivity contribution < 1.29 is 91.5 Å². The Morgan fingerprint density at radius 1 is 1.00 bits per heavy atom.